The maximum atomic E-state index is 12.7. The molecule has 1 unspecified atom stereocenters. The van der Waals surface area contributed by atoms with Crippen LogP contribution >= 0.6 is 11.3 Å². The quantitative estimate of drug-likeness (QED) is 0.717. The Balaban J connectivity index is 1.47. The fraction of sp³-hybridized carbons (Fsp3) is 0.545. The molecular formula is C22H32N4O2S. The molecule has 0 aliphatic carbocycles. The molecule has 2 aromatic rings. The Morgan fingerprint density at radius 2 is 2.00 bits per heavy atom. The third-order valence-electron chi connectivity index (χ3n) is 5.60. The van der Waals surface area contributed by atoms with Crippen LogP contribution in [0.25, 0.3) is 0 Å². The lowest BCUT2D eigenvalue weighted by atomic mass is 9.95. The number of likely N-dealkylation sites (N-methyl/N-ethyl adjacent to an activating group) is 1. The monoisotopic (exact) mass is 416 g/mol. The van der Waals surface area contributed by atoms with Crippen LogP contribution in [0.3, 0.4) is 0 Å². The first kappa shape index (κ1) is 21.7. The number of aryl methyl sites for hydroxylation is 1. The molecule has 158 valence electrons. The summed E-state index contributed by atoms with van der Waals surface area (Å²) < 4.78 is 5.24. The average molecular weight is 417 g/mol. The van der Waals surface area contributed by atoms with Gasteiger partial charge in [0.1, 0.15) is 5.75 Å². The molecule has 1 aromatic carbocycles. The van der Waals surface area contributed by atoms with Crippen LogP contribution in [0.4, 0.5) is 0 Å². The van der Waals surface area contributed by atoms with Gasteiger partial charge in [-0.1, -0.05) is 12.1 Å². The topological polar surface area (TPSA) is 57.7 Å². The van der Waals surface area contributed by atoms with E-state index in [9.17, 15) is 4.79 Å². The van der Waals surface area contributed by atoms with Crippen molar-refractivity contribution in [3.05, 3.63) is 45.9 Å². The van der Waals surface area contributed by atoms with Crippen LogP contribution in [0.1, 0.15) is 35.1 Å². The van der Waals surface area contributed by atoms with Crippen molar-refractivity contribution in [2.24, 2.45) is 5.92 Å². The van der Waals surface area contributed by atoms with Gasteiger partial charge in [-0.2, -0.15) is 0 Å². The molecule has 1 fully saturated rings. The van der Waals surface area contributed by atoms with E-state index in [0.717, 1.165) is 48.9 Å². The average Bonchev–Trinajstić information content (AvgIpc) is 3.13. The van der Waals surface area contributed by atoms with Crippen LogP contribution in [0.2, 0.25) is 0 Å². The lowest BCUT2D eigenvalue weighted by molar-refractivity contribution is -0.126. The van der Waals surface area contributed by atoms with Crippen LogP contribution in [-0.2, 0) is 11.3 Å². The Labute approximate surface area is 177 Å². The minimum absolute atomic E-state index is 0.0992. The molecule has 1 N–H and O–H groups in total. The molecule has 1 atom stereocenters. The second-order valence-corrected chi connectivity index (χ2v) is 8.97. The number of amides is 1. The van der Waals surface area contributed by atoms with Crippen molar-refractivity contribution in [3.63, 3.8) is 0 Å². The SMILES string of the molecule is COc1ccc(C(CNC(=O)C2CCN(Cc3csc(C)n3)CC2)N(C)C)cc1. The molecule has 0 saturated carbocycles. The highest BCUT2D eigenvalue weighted by molar-refractivity contribution is 7.09. The van der Waals surface area contributed by atoms with Crippen LogP contribution in [0.15, 0.2) is 29.6 Å². The van der Waals surface area contributed by atoms with Crippen molar-refractivity contribution >= 4 is 17.2 Å². The number of likely N-dealkylation sites (tertiary alicyclic amines) is 1. The molecule has 0 radical (unpaired) electrons. The Morgan fingerprint density at radius 3 is 2.55 bits per heavy atom. The van der Waals surface area contributed by atoms with Gasteiger partial charge in [0.15, 0.2) is 0 Å². The van der Waals surface area contributed by atoms with Crippen molar-refractivity contribution in [1.82, 2.24) is 20.1 Å². The van der Waals surface area contributed by atoms with E-state index in [1.807, 2.05) is 33.2 Å². The highest BCUT2D eigenvalue weighted by atomic mass is 32.1. The van der Waals surface area contributed by atoms with Gasteiger partial charge >= 0.3 is 0 Å². The van der Waals surface area contributed by atoms with Gasteiger partial charge in [0.25, 0.3) is 0 Å². The van der Waals surface area contributed by atoms with Crippen LogP contribution in [0.5, 0.6) is 5.75 Å². The summed E-state index contributed by atoms with van der Waals surface area (Å²) in [5.74, 6) is 1.12. The van der Waals surface area contributed by atoms with E-state index in [4.69, 9.17) is 4.74 Å². The van der Waals surface area contributed by atoms with Gasteiger partial charge in [-0.25, -0.2) is 4.98 Å². The number of hydrogen-bond acceptors (Lipinski definition) is 6. The number of nitrogens with one attached hydrogen (secondary N) is 1. The molecule has 2 heterocycles. The van der Waals surface area contributed by atoms with Gasteiger partial charge in [0, 0.05) is 24.4 Å². The summed E-state index contributed by atoms with van der Waals surface area (Å²) in [5.41, 5.74) is 2.31. The second kappa shape index (κ2) is 10.2. The number of benzene rings is 1. The molecule has 0 spiro atoms. The first-order valence-corrected chi connectivity index (χ1v) is 11.1. The number of thiazole rings is 1. The number of carbonyl (C=O) groups excluding carboxylic acids is 1. The van der Waals surface area contributed by atoms with Gasteiger partial charge in [-0.05, 0) is 64.6 Å². The van der Waals surface area contributed by atoms with Crippen molar-refractivity contribution in [2.75, 3.05) is 40.8 Å². The standard InChI is InChI=1S/C22H32N4O2S/c1-16-24-19(15-29-16)14-26-11-9-18(10-12-26)22(27)23-13-21(25(2)3)17-5-7-20(28-4)8-6-17/h5-8,15,18,21H,9-14H2,1-4H3,(H,23,27). The number of ether oxygens (including phenoxy) is 1. The van der Waals surface area contributed by atoms with E-state index in [1.54, 1.807) is 18.4 Å². The second-order valence-electron chi connectivity index (χ2n) is 7.91. The van der Waals surface area contributed by atoms with Gasteiger partial charge in [0.2, 0.25) is 5.91 Å². The molecular weight excluding hydrogens is 384 g/mol. The Morgan fingerprint density at radius 1 is 1.31 bits per heavy atom. The van der Waals surface area contributed by atoms with E-state index in [2.05, 4.69) is 37.6 Å². The number of hydrogen-bond donors (Lipinski definition) is 1. The minimum Gasteiger partial charge on any atom is -0.497 e. The van der Waals surface area contributed by atoms with Gasteiger partial charge in [-0.15, -0.1) is 11.3 Å². The molecule has 29 heavy (non-hydrogen) atoms. The van der Waals surface area contributed by atoms with Gasteiger partial charge in [-0.3, -0.25) is 9.69 Å². The molecule has 1 aromatic heterocycles. The summed E-state index contributed by atoms with van der Waals surface area (Å²) in [6.07, 6.45) is 1.81. The highest BCUT2D eigenvalue weighted by Gasteiger charge is 2.26. The third-order valence-corrected chi connectivity index (χ3v) is 6.43. The molecule has 6 nitrogen and oxygen atoms in total. The van der Waals surface area contributed by atoms with Crippen LogP contribution in [-0.4, -0.2) is 61.5 Å². The van der Waals surface area contributed by atoms with E-state index in [0.29, 0.717) is 6.54 Å². The zero-order valence-electron chi connectivity index (χ0n) is 17.9. The lowest BCUT2D eigenvalue weighted by Gasteiger charge is -2.31. The summed E-state index contributed by atoms with van der Waals surface area (Å²) in [6.45, 7) is 5.43. The fourth-order valence-corrected chi connectivity index (χ4v) is 4.43. The van der Waals surface area contributed by atoms with Crippen LogP contribution < -0.4 is 10.1 Å². The zero-order valence-corrected chi connectivity index (χ0v) is 18.7. The summed E-state index contributed by atoms with van der Waals surface area (Å²) in [6, 6.07) is 8.20. The molecule has 1 aliphatic rings. The maximum absolute atomic E-state index is 12.7. The summed E-state index contributed by atoms with van der Waals surface area (Å²) in [5, 5.41) is 6.43. The Bertz CT molecular complexity index is 782. The lowest BCUT2D eigenvalue weighted by Crippen LogP contribution is -2.42. The molecule has 0 bridgehead atoms. The molecule has 1 amide bonds. The van der Waals surface area contributed by atoms with Crippen molar-refractivity contribution < 1.29 is 9.53 Å². The predicted octanol–water partition coefficient (Wildman–Crippen LogP) is 3.09. The number of nitrogens with zero attached hydrogens (tertiary/aromatic N) is 3. The van der Waals surface area contributed by atoms with E-state index >= 15 is 0 Å². The normalized spacial score (nSPS) is 16.7. The van der Waals surface area contributed by atoms with Gasteiger partial charge in [0.05, 0.1) is 23.9 Å². The molecule has 1 saturated heterocycles. The molecule has 1 aliphatic heterocycles. The number of carbonyl (C=O) groups is 1. The smallest absolute Gasteiger partial charge is 0.223 e. The van der Waals surface area contributed by atoms with Gasteiger partial charge < -0.3 is 15.0 Å². The first-order valence-electron chi connectivity index (χ1n) is 10.2. The number of methoxy groups -OCH3 is 1. The maximum Gasteiger partial charge on any atom is 0.223 e. The third kappa shape index (κ3) is 6.01. The summed E-state index contributed by atoms with van der Waals surface area (Å²) in [4.78, 5) is 21.8. The van der Waals surface area contributed by atoms with Crippen molar-refractivity contribution in [2.45, 2.75) is 32.4 Å². The van der Waals surface area contributed by atoms with Crippen LogP contribution in [0, 0.1) is 12.8 Å². The predicted molar refractivity (Wildman–Crippen MR) is 117 cm³/mol. The zero-order chi connectivity index (χ0) is 20.8. The first-order chi connectivity index (χ1) is 14.0. The Kier molecular flexibility index (Phi) is 7.64. The number of piperidine rings is 1. The summed E-state index contributed by atoms with van der Waals surface area (Å²) in [7, 11) is 5.75. The molecule has 3 rings (SSSR count). The summed E-state index contributed by atoms with van der Waals surface area (Å²) >= 11 is 1.70. The van der Waals surface area contributed by atoms with E-state index in [1.165, 1.54) is 5.56 Å². The highest BCUT2D eigenvalue weighted by Crippen LogP contribution is 2.23. The fourth-order valence-electron chi connectivity index (χ4n) is 3.83. The van der Waals surface area contributed by atoms with Crippen molar-refractivity contribution in [3.8, 4) is 5.75 Å². The number of rotatable bonds is 8. The van der Waals surface area contributed by atoms with E-state index in [-0.39, 0.29) is 17.9 Å². The largest absolute Gasteiger partial charge is 0.497 e. The van der Waals surface area contributed by atoms with E-state index < -0.39 is 0 Å². The minimum atomic E-state index is 0.0992. The molecule has 7 heteroatoms. The van der Waals surface area contributed by atoms with Crippen molar-refractivity contribution in [1.29, 1.82) is 0 Å². The number of aromatic nitrogens is 1. The Hall–Kier alpha value is -1.96.